The van der Waals surface area contributed by atoms with Crippen LogP contribution < -0.4 is 10.9 Å². The van der Waals surface area contributed by atoms with Crippen LogP contribution in [0.3, 0.4) is 0 Å². The highest BCUT2D eigenvalue weighted by Gasteiger charge is 2.28. The van der Waals surface area contributed by atoms with Crippen molar-refractivity contribution < 1.29 is 0 Å². The summed E-state index contributed by atoms with van der Waals surface area (Å²) in [6.07, 6.45) is 3.74. The van der Waals surface area contributed by atoms with Gasteiger partial charge in [0.05, 0.1) is 11.4 Å². The van der Waals surface area contributed by atoms with E-state index in [0.717, 1.165) is 42.8 Å². The summed E-state index contributed by atoms with van der Waals surface area (Å²) in [5.74, 6) is 0.853. The Bertz CT molecular complexity index is 806. The molecule has 2 atom stereocenters. The third-order valence-electron chi connectivity index (χ3n) is 4.82. The first-order valence-corrected chi connectivity index (χ1v) is 9.87. The number of rotatable bonds is 5. The van der Waals surface area contributed by atoms with E-state index in [1.807, 2.05) is 17.6 Å². The monoisotopic (exact) mass is 407 g/mol. The van der Waals surface area contributed by atoms with Crippen LogP contribution >= 0.6 is 15.9 Å². The fraction of sp³-hybridized carbons (Fsp3) is 0.611. The van der Waals surface area contributed by atoms with Crippen LogP contribution in [0.25, 0.3) is 11.0 Å². The Kier molecular flexibility index (Phi) is 5.86. The van der Waals surface area contributed by atoms with Gasteiger partial charge < -0.3 is 5.32 Å². The van der Waals surface area contributed by atoms with Gasteiger partial charge in [0.25, 0.3) is 5.56 Å². The molecule has 0 bridgehead atoms. The van der Waals surface area contributed by atoms with Crippen molar-refractivity contribution in [3.05, 3.63) is 32.9 Å². The van der Waals surface area contributed by atoms with Crippen LogP contribution in [0.4, 0.5) is 0 Å². The lowest BCUT2D eigenvalue weighted by Crippen LogP contribution is -2.51. The van der Waals surface area contributed by atoms with E-state index < -0.39 is 0 Å². The maximum Gasteiger partial charge on any atom is 0.263 e. The second-order valence-electron chi connectivity index (χ2n) is 6.70. The molecule has 0 aromatic carbocycles. The standard InChI is InChI=1S/C18H26BrN5O/c1-4-6-15(23-8-7-20-12(3)11-23)17-22-16-14(9-13(19)10-21-16)18(25)24(17)5-2/h9-10,12,15,20H,4-8,11H2,1-3H3/t12-,15+/m0/s1. The van der Waals surface area contributed by atoms with Crippen LogP contribution in [-0.4, -0.2) is 45.1 Å². The van der Waals surface area contributed by atoms with Gasteiger partial charge >= 0.3 is 0 Å². The molecule has 0 spiro atoms. The Morgan fingerprint density at radius 3 is 2.92 bits per heavy atom. The van der Waals surface area contributed by atoms with E-state index in [-0.39, 0.29) is 11.6 Å². The van der Waals surface area contributed by atoms with Crippen LogP contribution in [0.2, 0.25) is 0 Å². The van der Waals surface area contributed by atoms with Gasteiger partial charge in [0.15, 0.2) is 5.65 Å². The number of pyridine rings is 1. The number of nitrogens with one attached hydrogen (secondary N) is 1. The number of fused-ring (bicyclic) bond motifs is 1. The van der Waals surface area contributed by atoms with Crippen molar-refractivity contribution in [2.24, 2.45) is 0 Å². The molecule has 1 aliphatic rings. The zero-order chi connectivity index (χ0) is 18.0. The molecule has 1 N–H and O–H groups in total. The molecule has 1 saturated heterocycles. The van der Waals surface area contributed by atoms with Crippen molar-refractivity contribution in [1.29, 1.82) is 0 Å². The summed E-state index contributed by atoms with van der Waals surface area (Å²) in [5, 5.41) is 4.06. The van der Waals surface area contributed by atoms with E-state index in [9.17, 15) is 4.79 Å². The van der Waals surface area contributed by atoms with Crippen molar-refractivity contribution in [3.63, 3.8) is 0 Å². The molecule has 6 nitrogen and oxygen atoms in total. The van der Waals surface area contributed by atoms with E-state index in [0.29, 0.717) is 23.6 Å². The Hall–Kier alpha value is -1.31. The maximum absolute atomic E-state index is 13.0. The van der Waals surface area contributed by atoms with Crippen LogP contribution in [0.1, 0.15) is 45.5 Å². The second-order valence-corrected chi connectivity index (χ2v) is 7.61. The quantitative estimate of drug-likeness (QED) is 0.825. The molecule has 0 saturated carbocycles. The first-order valence-electron chi connectivity index (χ1n) is 9.08. The predicted molar refractivity (Wildman–Crippen MR) is 104 cm³/mol. The highest BCUT2D eigenvalue weighted by molar-refractivity contribution is 9.10. The molecule has 1 aliphatic heterocycles. The van der Waals surface area contributed by atoms with Gasteiger partial charge in [0.2, 0.25) is 0 Å². The number of piperazine rings is 1. The SMILES string of the molecule is CCC[C@H](c1nc2ncc(Br)cc2c(=O)n1CC)N1CCN[C@@H](C)C1. The summed E-state index contributed by atoms with van der Waals surface area (Å²) in [7, 11) is 0. The van der Waals surface area contributed by atoms with Gasteiger partial charge in [0.1, 0.15) is 5.82 Å². The Labute approximate surface area is 156 Å². The van der Waals surface area contributed by atoms with E-state index in [1.165, 1.54) is 0 Å². The number of hydrogen-bond acceptors (Lipinski definition) is 5. The largest absolute Gasteiger partial charge is 0.312 e. The van der Waals surface area contributed by atoms with Crippen LogP contribution in [0.5, 0.6) is 0 Å². The van der Waals surface area contributed by atoms with Gasteiger partial charge in [-0.15, -0.1) is 0 Å². The van der Waals surface area contributed by atoms with Gasteiger partial charge in [-0.2, -0.15) is 0 Å². The smallest absolute Gasteiger partial charge is 0.263 e. The summed E-state index contributed by atoms with van der Waals surface area (Å²) >= 11 is 3.40. The van der Waals surface area contributed by atoms with Gasteiger partial charge in [0, 0.05) is 42.9 Å². The number of hydrogen-bond donors (Lipinski definition) is 1. The van der Waals surface area contributed by atoms with E-state index >= 15 is 0 Å². The summed E-state index contributed by atoms with van der Waals surface area (Å²) in [4.78, 5) is 24.7. The van der Waals surface area contributed by atoms with Gasteiger partial charge in [-0.1, -0.05) is 13.3 Å². The zero-order valence-electron chi connectivity index (χ0n) is 15.1. The van der Waals surface area contributed by atoms with Crippen LogP contribution in [0, 0.1) is 0 Å². The second kappa shape index (κ2) is 7.93. The van der Waals surface area contributed by atoms with Gasteiger partial charge in [-0.25, -0.2) is 9.97 Å². The highest BCUT2D eigenvalue weighted by Crippen LogP contribution is 2.26. The molecule has 0 aliphatic carbocycles. The molecule has 3 heterocycles. The van der Waals surface area contributed by atoms with E-state index in [4.69, 9.17) is 4.98 Å². The van der Waals surface area contributed by atoms with Crippen molar-refractivity contribution in [1.82, 2.24) is 24.8 Å². The van der Waals surface area contributed by atoms with E-state index in [1.54, 1.807) is 6.20 Å². The molecule has 1 fully saturated rings. The maximum atomic E-state index is 13.0. The minimum Gasteiger partial charge on any atom is -0.312 e. The highest BCUT2D eigenvalue weighted by atomic mass is 79.9. The molecule has 25 heavy (non-hydrogen) atoms. The topological polar surface area (TPSA) is 63.1 Å². The predicted octanol–water partition coefficient (Wildman–Crippen LogP) is 2.71. The normalized spacial score (nSPS) is 20.1. The zero-order valence-corrected chi connectivity index (χ0v) is 16.7. The fourth-order valence-corrected chi connectivity index (χ4v) is 3.98. The van der Waals surface area contributed by atoms with Crippen LogP contribution in [-0.2, 0) is 6.54 Å². The molecular weight excluding hydrogens is 382 g/mol. The summed E-state index contributed by atoms with van der Waals surface area (Å²) in [6.45, 7) is 9.92. The van der Waals surface area contributed by atoms with E-state index in [2.05, 4.69) is 45.0 Å². The minimum atomic E-state index is 0.000543. The molecule has 2 aromatic rings. The number of aromatic nitrogens is 3. The lowest BCUT2D eigenvalue weighted by atomic mass is 10.1. The molecule has 136 valence electrons. The van der Waals surface area contributed by atoms with Gasteiger partial charge in [-0.3, -0.25) is 14.3 Å². The average Bonchev–Trinajstić information content (AvgIpc) is 2.60. The molecule has 0 unspecified atom stereocenters. The van der Waals surface area contributed by atoms with Crippen molar-refractivity contribution in [2.75, 3.05) is 19.6 Å². The third kappa shape index (κ3) is 3.78. The fourth-order valence-electron chi connectivity index (χ4n) is 3.65. The summed E-state index contributed by atoms with van der Waals surface area (Å²) in [6, 6.07) is 2.41. The van der Waals surface area contributed by atoms with Crippen molar-refractivity contribution in [2.45, 2.75) is 52.2 Å². The first kappa shape index (κ1) is 18.5. The summed E-state index contributed by atoms with van der Waals surface area (Å²) < 4.78 is 2.62. The lowest BCUT2D eigenvalue weighted by Gasteiger charge is -2.38. The lowest BCUT2D eigenvalue weighted by molar-refractivity contribution is 0.132. The average molecular weight is 408 g/mol. The van der Waals surface area contributed by atoms with Gasteiger partial charge in [-0.05, 0) is 42.3 Å². The Balaban J connectivity index is 2.13. The summed E-state index contributed by atoms with van der Waals surface area (Å²) in [5.41, 5.74) is 0.540. The molecule has 0 amide bonds. The van der Waals surface area contributed by atoms with Crippen molar-refractivity contribution >= 4 is 27.0 Å². The first-order chi connectivity index (χ1) is 12.0. The molecule has 3 rings (SSSR count). The number of halogens is 1. The molecule has 0 radical (unpaired) electrons. The van der Waals surface area contributed by atoms with Crippen LogP contribution in [0.15, 0.2) is 21.5 Å². The molecular formula is C18H26BrN5O. The molecule has 2 aromatic heterocycles. The number of nitrogens with zero attached hydrogens (tertiary/aromatic N) is 4. The Morgan fingerprint density at radius 1 is 1.44 bits per heavy atom. The third-order valence-corrected chi connectivity index (χ3v) is 5.26. The Morgan fingerprint density at radius 2 is 2.24 bits per heavy atom. The molecule has 7 heteroatoms. The minimum absolute atomic E-state index is 0.000543. The van der Waals surface area contributed by atoms with Crippen molar-refractivity contribution in [3.8, 4) is 0 Å².